The molecule has 1 N–H and O–H groups in total. The zero-order valence-corrected chi connectivity index (χ0v) is 14.2. The van der Waals surface area contributed by atoms with Gasteiger partial charge in [-0.3, -0.25) is 10.1 Å². The first-order chi connectivity index (χ1) is 10.1. The number of nitrogens with one attached hydrogen (secondary N) is 1. The standard InChI is InChI=1S/C17H26N2OS/c1-5-15-17(20)19(13(3)10-11-21-4)16(18-15)14-9-7-6-8-12(14)2/h6-9,13,15-16,18H,5,10-11H2,1-4H3. The van der Waals surface area contributed by atoms with Crippen LogP contribution in [0.3, 0.4) is 0 Å². The molecule has 1 aliphatic heterocycles. The third kappa shape index (κ3) is 3.43. The van der Waals surface area contributed by atoms with Gasteiger partial charge in [-0.25, -0.2) is 0 Å². The monoisotopic (exact) mass is 306 g/mol. The molecule has 3 unspecified atom stereocenters. The second-order valence-corrected chi connectivity index (χ2v) is 6.75. The molecule has 1 heterocycles. The fourth-order valence-electron chi connectivity index (χ4n) is 2.97. The maximum Gasteiger partial charge on any atom is 0.241 e. The van der Waals surface area contributed by atoms with E-state index in [0.29, 0.717) is 0 Å². The van der Waals surface area contributed by atoms with Crippen LogP contribution >= 0.6 is 11.8 Å². The highest BCUT2D eigenvalue weighted by atomic mass is 32.2. The molecule has 3 atom stereocenters. The Kier molecular flexibility index (Phi) is 5.71. The third-order valence-corrected chi connectivity index (χ3v) is 4.94. The summed E-state index contributed by atoms with van der Waals surface area (Å²) >= 11 is 1.84. The number of aryl methyl sites for hydroxylation is 1. The van der Waals surface area contributed by atoms with E-state index in [1.165, 1.54) is 11.1 Å². The molecule has 1 aromatic rings. The molecule has 1 saturated heterocycles. The van der Waals surface area contributed by atoms with Crippen molar-refractivity contribution in [3.63, 3.8) is 0 Å². The minimum atomic E-state index is -0.0497. The van der Waals surface area contributed by atoms with E-state index in [-0.39, 0.29) is 24.2 Å². The van der Waals surface area contributed by atoms with Gasteiger partial charge in [-0.1, -0.05) is 31.2 Å². The summed E-state index contributed by atoms with van der Waals surface area (Å²) in [7, 11) is 0. The van der Waals surface area contributed by atoms with E-state index < -0.39 is 0 Å². The molecular weight excluding hydrogens is 280 g/mol. The van der Waals surface area contributed by atoms with Crippen LogP contribution in [0.5, 0.6) is 0 Å². The van der Waals surface area contributed by atoms with Gasteiger partial charge in [-0.05, 0) is 49.8 Å². The number of nitrogens with zero attached hydrogens (tertiary/aromatic N) is 1. The molecule has 116 valence electrons. The van der Waals surface area contributed by atoms with E-state index in [9.17, 15) is 4.79 Å². The zero-order valence-electron chi connectivity index (χ0n) is 13.4. The fourth-order valence-corrected chi connectivity index (χ4v) is 3.55. The smallest absolute Gasteiger partial charge is 0.241 e. The lowest BCUT2D eigenvalue weighted by Crippen LogP contribution is -2.39. The Balaban J connectivity index is 2.28. The quantitative estimate of drug-likeness (QED) is 0.875. The van der Waals surface area contributed by atoms with Crippen molar-refractivity contribution in [3.8, 4) is 0 Å². The van der Waals surface area contributed by atoms with Crippen molar-refractivity contribution in [3.05, 3.63) is 35.4 Å². The van der Waals surface area contributed by atoms with Gasteiger partial charge in [0, 0.05) is 6.04 Å². The van der Waals surface area contributed by atoms with Gasteiger partial charge in [0.15, 0.2) is 0 Å². The molecule has 2 rings (SSSR count). The number of hydrogen-bond acceptors (Lipinski definition) is 3. The number of amides is 1. The predicted octanol–water partition coefficient (Wildman–Crippen LogP) is 3.35. The van der Waals surface area contributed by atoms with Crippen molar-refractivity contribution >= 4 is 17.7 Å². The summed E-state index contributed by atoms with van der Waals surface area (Å²) in [6, 6.07) is 8.57. The Morgan fingerprint density at radius 3 is 2.71 bits per heavy atom. The van der Waals surface area contributed by atoms with Crippen LogP contribution in [-0.2, 0) is 4.79 Å². The number of carbonyl (C=O) groups is 1. The summed E-state index contributed by atoms with van der Waals surface area (Å²) in [5.74, 6) is 1.33. The first-order valence-corrected chi connectivity index (χ1v) is 9.12. The van der Waals surface area contributed by atoms with Crippen LogP contribution in [-0.4, -0.2) is 34.9 Å². The largest absolute Gasteiger partial charge is 0.319 e. The van der Waals surface area contributed by atoms with Crippen molar-refractivity contribution < 1.29 is 4.79 Å². The lowest BCUT2D eigenvalue weighted by Gasteiger charge is -2.31. The molecule has 4 heteroatoms. The van der Waals surface area contributed by atoms with Gasteiger partial charge in [0.05, 0.1) is 6.04 Å². The lowest BCUT2D eigenvalue weighted by molar-refractivity contribution is -0.132. The number of benzene rings is 1. The highest BCUT2D eigenvalue weighted by Gasteiger charge is 2.41. The van der Waals surface area contributed by atoms with E-state index in [1.54, 1.807) is 0 Å². The topological polar surface area (TPSA) is 32.3 Å². The number of thioether (sulfide) groups is 1. The van der Waals surface area contributed by atoms with E-state index in [4.69, 9.17) is 0 Å². The Morgan fingerprint density at radius 2 is 2.10 bits per heavy atom. The van der Waals surface area contributed by atoms with E-state index in [1.807, 2.05) is 11.8 Å². The minimum absolute atomic E-state index is 0.0144. The number of hydrogen-bond donors (Lipinski definition) is 1. The van der Waals surface area contributed by atoms with E-state index in [2.05, 4.69) is 61.5 Å². The van der Waals surface area contributed by atoms with Crippen molar-refractivity contribution in [2.45, 2.75) is 51.9 Å². The lowest BCUT2D eigenvalue weighted by atomic mass is 10.0. The summed E-state index contributed by atoms with van der Waals surface area (Å²) in [4.78, 5) is 14.8. The molecular formula is C17H26N2OS. The Bertz CT molecular complexity index is 491. The number of carbonyl (C=O) groups excluding carboxylic acids is 1. The first-order valence-electron chi connectivity index (χ1n) is 7.72. The molecule has 1 aromatic carbocycles. The average molecular weight is 306 g/mol. The molecule has 1 amide bonds. The Hall–Kier alpha value is -1.00. The SMILES string of the molecule is CCC1NC(c2ccccc2C)N(C(C)CCSC)C1=O. The van der Waals surface area contributed by atoms with Gasteiger partial charge in [0.1, 0.15) is 6.17 Å². The molecule has 1 aliphatic rings. The predicted molar refractivity (Wildman–Crippen MR) is 90.4 cm³/mol. The van der Waals surface area contributed by atoms with Crippen LogP contribution in [0.15, 0.2) is 24.3 Å². The normalized spacial score (nSPS) is 23.6. The van der Waals surface area contributed by atoms with Gasteiger partial charge in [0.25, 0.3) is 0 Å². The van der Waals surface area contributed by atoms with Crippen molar-refractivity contribution in [2.24, 2.45) is 0 Å². The van der Waals surface area contributed by atoms with Crippen LogP contribution in [0, 0.1) is 6.92 Å². The number of rotatable bonds is 6. The van der Waals surface area contributed by atoms with Gasteiger partial charge in [-0.2, -0.15) is 11.8 Å². The van der Waals surface area contributed by atoms with Crippen LogP contribution < -0.4 is 5.32 Å². The molecule has 0 aromatic heterocycles. The van der Waals surface area contributed by atoms with E-state index >= 15 is 0 Å². The van der Waals surface area contributed by atoms with Crippen molar-refractivity contribution in [1.29, 1.82) is 0 Å². The molecule has 0 radical (unpaired) electrons. The summed E-state index contributed by atoms with van der Waals surface area (Å²) in [6.07, 6.45) is 4.01. The Labute approximate surface area is 132 Å². The zero-order chi connectivity index (χ0) is 15.4. The minimum Gasteiger partial charge on any atom is -0.319 e. The third-order valence-electron chi connectivity index (χ3n) is 4.30. The second kappa shape index (κ2) is 7.32. The van der Waals surface area contributed by atoms with Crippen LogP contribution in [0.2, 0.25) is 0 Å². The van der Waals surface area contributed by atoms with Gasteiger partial charge < -0.3 is 4.90 Å². The molecule has 0 aliphatic carbocycles. The molecule has 0 bridgehead atoms. The molecule has 0 spiro atoms. The summed E-state index contributed by atoms with van der Waals surface area (Å²) in [6.45, 7) is 6.35. The maximum atomic E-state index is 12.7. The van der Waals surface area contributed by atoms with E-state index in [0.717, 1.165) is 18.6 Å². The summed E-state index contributed by atoms with van der Waals surface area (Å²) in [5.41, 5.74) is 2.46. The molecule has 21 heavy (non-hydrogen) atoms. The molecule has 1 fully saturated rings. The van der Waals surface area contributed by atoms with Crippen LogP contribution in [0.25, 0.3) is 0 Å². The second-order valence-electron chi connectivity index (χ2n) is 5.76. The summed E-state index contributed by atoms with van der Waals surface area (Å²) < 4.78 is 0. The fraction of sp³-hybridized carbons (Fsp3) is 0.588. The van der Waals surface area contributed by atoms with Crippen molar-refractivity contribution in [1.82, 2.24) is 10.2 Å². The maximum absolute atomic E-state index is 12.7. The summed E-state index contributed by atoms with van der Waals surface area (Å²) in [5, 5.41) is 3.52. The molecule has 0 saturated carbocycles. The van der Waals surface area contributed by atoms with Gasteiger partial charge >= 0.3 is 0 Å². The van der Waals surface area contributed by atoms with Gasteiger partial charge in [-0.15, -0.1) is 0 Å². The molecule has 3 nitrogen and oxygen atoms in total. The first kappa shape index (κ1) is 16.4. The van der Waals surface area contributed by atoms with Crippen LogP contribution in [0.4, 0.5) is 0 Å². The van der Waals surface area contributed by atoms with Crippen molar-refractivity contribution in [2.75, 3.05) is 12.0 Å². The average Bonchev–Trinajstić information content (AvgIpc) is 2.82. The van der Waals surface area contributed by atoms with Crippen LogP contribution in [0.1, 0.15) is 44.0 Å². The van der Waals surface area contributed by atoms with Gasteiger partial charge in [0.2, 0.25) is 5.91 Å². The Morgan fingerprint density at radius 1 is 1.38 bits per heavy atom. The highest BCUT2D eigenvalue weighted by molar-refractivity contribution is 7.98. The highest BCUT2D eigenvalue weighted by Crippen LogP contribution is 2.31.